The summed E-state index contributed by atoms with van der Waals surface area (Å²) in [4.78, 5) is 0. The van der Waals surface area contributed by atoms with Gasteiger partial charge in [0.15, 0.2) is 5.82 Å². The quantitative estimate of drug-likeness (QED) is 0.592. The van der Waals surface area contributed by atoms with E-state index in [0.29, 0.717) is 11.4 Å². The van der Waals surface area contributed by atoms with Crippen LogP contribution in [-0.2, 0) is 6.42 Å². The Bertz CT molecular complexity index is 675. The Balaban J connectivity index is 2.22. The summed E-state index contributed by atoms with van der Waals surface area (Å²) in [7, 11) is 0. The third-order valence-electron chi connectivity index (χ3n) is 3.16. The van der Waals surface area contributed by atoms with E-state index in [2.05, 4.69) is 29.1 Å². The predicted octanol–water partition coefficient (Wildman–Crippen LogP) is 3.95. The van der Waals surface area contributed by atoms with Crippen molar-refractivity contribution in [2.24, 2.45) is 5.10 Å². The number of nitrogens with zero attached hydrogens (tertiary/aromatic N) is 3. The van der Waals surface area contributed by atoms with Gasteiger partial charge in [-0.25, -0.2) is 0 Å². The lowest BCUT2D eigenvalue weighted by Crippen LogP contribution is -2.01. The van der Waals surface area contributed by atoms with Gasteiger partial charge in [0.2, 0.25) is 4.77 Å². The molecule has 1 heterocycles. The van der Waals surface area contributed by atoms with E-state index in [1.165, 1.54) is 0 Å². The van der Waals surface area contributed by atoms with Gasteiger partial charge in [0, 0.05) is 12.0 Å². The molecule has 2 aromatic rings. The van der Waals surface area contributed by atoms with Crippen LogP contribution in [0.3, 0.4) is 0 Å². The number of nitrogens with one attached hydrogen (secondary N) is 1. The second kappa shape index (κ2) is 8.48. The topological polar surface area (TPSA) is 55.2 Å². The maximum Gasteiger partial charge on any atom is 0.216 e. The lowest BCUT2D eigenvalue weighted by molar-refractivity contribution is 0.317. The molecule has 0 aliphatic heterocycles. The maximum atomic E-state index is 5.73. The van der Waals surface area contributed by atoms with E-state index in [-0.39, 0.29) is 0 Å². The molecule has 6 heteroatoms. The summed E-state index contributed by atoms with van der Waals surface area (Å²) in [6.45, 7) is 4.93. The van der Waals surface area contributed by atoms with Gasteiger partial charge in [-0.2, -0.15) is 14.9 Å². The van der Waals surface area contributed by atoms with Gasteiger partial charge >= 0.3 is 0 Å². The van der Waals surface area contributed by atoms with Crippen LogP contribution in [0.5, 0.6) is 5.75 Å². The number of aromatic amines is 1. The van der Waals surface area contributed by atoms with Crippen molar-refractivity contribution in [2.45, 2.75) is 39.5 Å². The molecule has 0 bridgehead atoms. The summed E-state index contributed by atoms with van der Waals surface area (Å²) in [5.74, 6) is 1.69. The molecule has 1 N–H and O–H groups in total. The van der Waals surface area contributed by atoms with Crippen molar-refractivity contribution in [2.75, 3.05) is 6.61 Å². The summed E-state index contributed by atoms with van der Waals surface area (Å²) in [5, 5.41) is 11.5. The number of aryl methyl sites for hydroxylation is 1. The smallest absolute Gasteiger partial charge is 0.216 e. The van der Waals surface area contributed by atoms with Gasteiger partial charge in [-0.15, -0.1) is 0 Å². The Kier molecular flexibility index (Phi) is 6.33. The maximum absolute atomic E-state index is 5.73. The Morgan fingerprint density at radius 1 is 1.32 bits per heavy atom. The van der Waals surface area contributed by atoms with Crippen LogP contribution in [0.15, 0.2) is 29.4 Å². The third kappa shape index (κ3) is 4.27. The molecular formula is C16H22N4OS. The average Bonchev–Trinajstić information content (AvgIpc) is 2.89. The molecule has 22 heavy (non-hydrogen) atoms. The largest absolute Gasteiger partial charge is 0.493 e. The standard InChI is InChI=1S/C16H22N4OS/c1-3-5-10-15-18-19-16(22)20(15)17-12-13-8-6-7-9-14(13)21-11-4-2/h6-9,12H,3-5,10-11H2,1-2H3,(H,19,22)/b17-12+. The summed E-state index contributed by atoms with van der Waals surface area (Å²) in [6, 6.07) is 7.85. The minimum atomic E-state index is 0.509. The number of hydrogen-bond donors (Lipinski definition) is 1. The second-order valence-corrected chi connectivity index (χ2v) is 5.38. The molecule has 5 nitrogen and oxygen atoms in total. The van der Waals surface area contributed by atoms with Crippen molar-refractivity contribution in [1.29, 1.82) is 0 Å². The molecule has 0 fully saturated rings. The molecule has 2 rings (SSSR count). The molecule has 0 unspecified atom stereocenters. The van der Waals surface area contributed by atoms with Crippen LogP contribution >= 0.6 is 12.2 Å². The number of hydrogen-bond acceptors (Lipinski definition) is 4. The molecule has 0 atom stereocenters. The minimum absolute atomic E-state index is 0.509. The van der Waals surface area contributed by atoms with E-state index in [9.17, 15) is 0 Å². The zero-order chi connectivity index (χ0) is 15.8. The fourth-order valence-corrected chi connectivity index (χ4v) is 2.19. The van der Waals surface area contributed by atoms with E-state index >= 15 is 0 Å². The van der Waals surface area contributed by atoms with Crippen molar-refractivity contribution in [3.05, 3.63) is 40.4 Å². The molecule has 0 aliphatic carbocycles. The van der Waals surface area contributed by atoms with Crippen molar-refractivity contribution in [3.8, 4) is 5.75 Å². The van der Waals surface area contributed by atoms with Crippen molar-refractivity contribution >= 4 is 18.4 Å². The Morgan fingerprint density at radius 3 is 2.91 bits per heavy atom. The second-order valence-electron chi connectivity index (χ2n) is 4.99. The monoisotopic (exact) mass is 318 g/mol. The molecule has 1 aromatic carbocycles. The minimum Gasteiger partial charge on any atom is -0.493 e. The molecule has 1 aromatic heterocycles. The van der Waals surface area contributed by atoms with Gasteiger partial charge in [-0.3, -0.25) is 5.10 Å². The summed E-state index contributed by atoms with van der Waals surface area (Å²) >= 11 is 5.24. The van der Waals surface area contributed by atoms with E-state index in [4.69, 9.17) is 17.0 Å². The fraction of sp³-hybridized carbons (Fsp3) is 0.438. The number of unbranched alkanes of at least 4 members (excludes halogenated alkanes) is 1. The lowest BCUT2D eigenvalue weighted by atomic mass is 10.2. The van der Waals surface area contributed by atoms with Crippen LogP contribution in [-0.4, -0.2) is 27.7 Å². The Morgan fingerprint density at radius 2 is 2.14 bits per heavy atom. The number of aromatic nitrogens is 3. The van der Waals surface area contributed by atoms with Crippen LogP contribution < -0.4 is 4.74 Å². The van der Waals surface area contributed by atoms with Gasteiger partial charge in [0.25, 0.3) is 0 Å². The molecule has 0 saturated carbocycles. The first-order valence-electron chi connectivity index (χ1n) is 7.68. The number of rotatable bonds is 8. The van der Waals surface area contributed by atoms with Crippen LogP contribution in [0.4, 0.5) is 0 Å². The molecule has 0 aliphatic rings. The highest BCUT2D eigenvalue weighted by molar-refractivity contribution is 7.71. The normalized spacial score (nSPS) is 11.2. The van der Waals surface area contributed by atoms with Crippen molar-refractivity contribution in [3.63, 3.8) is 0 Å². The third-order valence-corrected chi connectivity index (χ3v) is 3.43. The van der Waals surface area contributed by atoms with Crippen LogP contribution in [0.2, 0.25) is 0 Å². The van der Waals surface area contributed by atoms with Gasteiger partial charge < -0.3 is 4.74 Å². The van der Waals surface area contributed by atoms with E-state index in [1.54, 1.807) is 10.9 Å². The van der Waals surface area contributed by atoms with Gasteiger partial charge in [0.05, 0.1) is 12.8 Å². The fourth-order valence-electron chi connectivity index (χ4n) is 1.99. The first-order valence-corrected chi connectivity index (χ1v) is 8.09. The molecular weight excluding hydrogens is 296 g/mol. The van der Waals surface area contributed by atoms with Crippen molar-refractivity contribution < 1.29 is 4.74 Å². The summed E-state index contributed by atoms with van der Waals surface area (Å²) in [6.07, 6.45) is 5.77. The first kappa shape index (κ1) is 16.4. The Labute approximate surface area is 136 Å². The van der Waals surface area contributed by atoms with Crippen LogP contribution in [0.1, 0.15) is 44.5 Å². The summed E-state index contributed by atoms with van der Waals surface area (Å²) in [5.41, 5.74) is 0.931. The zero-order valence-electron chi connectivity index (χ0n) is 13.1. The highest BCUT2D eigenvalue weighted by Gasteiger charge is 2.05. The molecule has 0 amide bonds. The van der Waals surface area contributed by atoms with Crippen molar-refractivity contribution in [1.82, 2.24) is 14.9 Å². The van der Waals surface area contributed by atoms with Gasteiger partial charge in [-0.05, 0) is 37.2 Å². The lowest BCUT2D eigenvalue weighted by Gasteiger charge is -2.07. The van der Waals surface area contributed by atoms with Gasteiger partial charge in [-0.1, -0.05) is 32.4 Å². The van der Waals surface area contributed by atoms with E-state index in [0.717, 1.165) is 42.8 Å². The van der Waals surface area contributed by atoms with Crippen LogP contribution in [0.25, 0.3) is 0 Å². The van der Waals surface area contributed by atoms with Crippen LogP contribution in [0, 0.1) is 4.77 Å². The molecule has 118 valence electrons. The molecule has 0 spiro atoms. The Hall–Kier alpha value is -1.95. The number of benzene rings is 1. The van der Waals surface area contributed by atoms with Gasteiger partial charge in [0.1, 0.15) is 5.75 Å². The SMILES string of the molecule is CCCCc1n[nH]c(=S)n1/N=C/c1ccccc1OCCC. The van der Waals surface area contributed by atoms with E-state index < -0.39 is 0 Å². The summed E-state index contributed by atoms with van der Waals surface area (Å²) < 4.78 is 7.92. The number of H-pyrrole nitrogens is 1. The predicted molar refractivity (Wildman–Crippen MR) is 91.2 cm³/mol. The number of para-hydroxylation sites is 1. The molecule has 0 saturated heterocycles. The average molecular weight is 318 g/mol. The zero-order valence-corrected chi connectivity index (χ0v) is 13.9. The molecule has 0 radical (unpaired) electrons. The number of ether oxygens (including phenoxy) is 1. The first-order chi connectivity index (χ1) is 10.8. The van der Waals surface area contributed by atoms with E-state index in [1.807, 2.05) is 24.3 Å². The highest BCUT2D eigenvalue weighted by atomic mass is 32.1. The highest BCUT2D eigenvalue weighted by Crippen LogP contribution is 2.16.